The second-order valence-corrected chi connectivity index (χ2v) is 6.68. The van der Waals surface area contributed by atoms with Gasteiger partial charge in [-0.1, -0.05) is 45.4 Å². The van der Waals surface area contributed by atoms with Gasteiger partial charge in [0.25, 0.3) is 0 Å². The molecule has 0 aromatic heterocycles. The molecule has 2 fully saturated rings. The third-order valence-corrected chi connectivity index (χ3v) is 5.15. The van der Waals surface area contributed by atoms with Gasteiger partial charge < -0.3 is 11.1 Å². The normalized spacial score (nSPS) is 30.2. The Morgan fingerprint density at radius 2 is 1.79 bits per heavy atom. The van der Waals surface area contributed by atoms with E-state index in [1.54, 1.807) is 0 Å². The summed E-state index contributed by atoms with van der Waals surface area (Å²) in [5, 5.41) is 3.27. The zero-order chi connectivity index (χ0) is 13.7. The first-order chi connectivity index (χ1) is 9.20. The highest BCUT2D eigenvalue weighted by Crippen LogP contribution is 2.30. The van der Waals surface area contributed by atoms with Gasteiger partial charge in [0.1, 0.15) is 0 Å². The third kappa shape index (κ3) is 4.20. The van der Waals surface area contributed by atoms with Gasteiger partial charge in [-0.15, -0.1) is 0 Å². The lowest BCUT2D eigenvalue weighted by molar-refractivity contribution is -0.126. The molecule has 2 saturated carbocycles. The van der Waals surface area contributed by atoms with E-state index in [2.05, 4.69) is 12.2 Å². The first-order valence-corrected chi connectivity index (χ1v) is 8.21. The van der Waals surface area contributed by atoms with E-state index < -0.39 is 0 Å². The molecule has 3 N–H and O–H groups in total. The molecular weight excluding hydrogens is 236 g/mol. The molecule has 0 aromatic carbocycles. The predicted molar refractivity (Wildman–Crippen MR) is 78.7 cm³/mol. The number of hydrogen-bond donors (Lipinski definition) is 2. The molecule has 19 heavy (non-hydrogen) atoms. The van der Waals surface area contributed by atoms with Crippen molar-refractivity contribution in [2.75, 3.05) is 6.54 Å². The van der Waals surface area contributed by atoms with Crippen molar-refractivity contribution >= 4 is 5.91 Å². The largest absolute Gasteiger partial charge is 0.353 e. The highest BCUT2D eigenvalue weighted by atomic mass is 16.1. The molecule has 1 amide bonds. The lowest BCUT2D eigenvalue weighted by Gasteiger charge is -2.32. The first kappa shape index (κ1) is 14.8. The van der Waals surface area contributed by atoms with E-state index in [0.29, 0.717) is 18.5 Å². The number of nitrogens with one attached hydrogen (secondary N) is 1. The number of nitrogens with two attached hydrogens (primary N) is 1. The van der Waals surface area contributed by atoms with Crippen LogP contribution in [0.4, 0.5) is 0 Å². The van der Waals surface area contributed by atoms with Gasteiger partial charge in [0.2, 0.25) is 5.91 Å². The number of amides is 1. The van der Waals surface area contributed by atoms with Gasteiger partial charge in [0.05, 0.1) is 0 Å². The Morgan fingerprint density at radius 3 is 2.47 bits per heavy atom. The van der Waals surface area contributed by atoms with E-state index in [4.69, 9.17) is 5.73 Å². The van der Waals surface area contributed by atoms with Crippen molar-refractivity contribution in [1.82, 2.24) is 5.32 Å². The van der Waals surface area contributed by atoms with E-state index >= 15 is 0 Å². The smallest absolute Gasteiger partial charge is 0.223 e. The van der Waals surface area contributed by atoms with Crippen molar-refractivity contribution < 1.29 is 4.79 Å². The van der Waals surface area contributed by atoms with E-state index in [0.717, 1.165) is 18.8 Å². The molecule has 0 heterocycles. The van der Waals surface area contributed by atoms with Crippen LogP contribution in [0.2, 0.25) is 0 Å². The third-order valence-electron chi connectivity index (χ3n) is 5.15. The van der Waals surface area contributed by atoms with Crippen LogP contribution in [0.3, 0.4) is 0 Å². The maximum absolute atomic E-state index is 12.3. The fourth-order valence-corrected chi connectivity index (χ4v) is 3.86. The van der Waals surface area contributed by atoms with Gasteiger partial charge in [-0.05, 0) is 37.6 Å². The van der Waals surface area contributed by atoms with Gasteiger partial charge in [0.15, 0.2) is 0 Å². The summed E-state index contributed by atoms with van der Waals surface area (Å²) in [7, 11) is 0. The number of hydrogen-bond acceptors (Lipinski definition) is 2. The Morgan fingerprint density at radius 1 is 1.16 bits per heavy atom. The van der Waals surface area contributed by atoms with Crippen LogP contribution in [-0.2, 0) is 4.79 Å². The van der Waals surface area contributed by atoms with Gasteiger partial charge in [-0.25, -0.2) is 0 Å². The molecule has 2 rings (SSSR count). The van der Waals surface area contributed by atoms with E-state index in [-0.39, 0.29) is 11.8 Å². The first-order valence-electron chi connectivity index (χ1n) is 8.21. The molecule has 3 unspecified atom stereocenters. The molecule has 2 aliphatic rings. The maximum atomic E-state index is 12.3. The van der Waals surface area contributed by atoms with E-state index in [1.165, 1.54) is 44.9 Å². The Hall–Kier alpha value is -0.570. The Labute approximate surface area is 117 Å². The molecule has 0 aromatic rings. The highest BCUT2D eigenvalue weighted by molar-refractivity contribution is 5.78. The summed E-state index contributed by atoms with van der Waals surface area (Å²) in [5.74, 6) is 1.72. The van der Waals surface area contributed by atoms with Crippen LogP contribution in [0.25, 0.3) is 0 Å². The van der Waals surface area contributed by atoms with Gasteiger partial charge in [-0.3, -0.25) is 4.79 Å². The van der Waals surface area contributed by atoms with Crippen molar-refractivity contribution in [3.63, 3.8) is 0 Å². The molecule has 3 atom stereocenters. The van der Waals surface area contributed by atoms with Gasteiger partial charge in [0, 0.05) is 12.0 Å². The second kappa shape index (κ2) is 7.28. The number of carbonyl (C=O) groups is 1. The summed E-state index contributed by atoms with van der Waals surface area (Å²) in [4.78, 5) is 12.3. The summed E-state index contributed by atoms with van der Waals surface area (Å²) >= 11 is 0. The van der Waals surface area contributed by atoms with Crippen molar-refractivity contribution in [2.24, 2.45) is 23.5 Å². The van der Waals surface area contributed by atoms with Crippen LogP contribution in [0.15, 0.2) is 0 Å². The molecular formula is C16H30N2O. The summed E-state index contributed by atoms with van der Waals surface area (Å²) in [5.41, 5.74) is 5.83. The van der Waals surface area contributed by atoms with Crippen LogP contribution in [-0.4, -0.2) is 18.5 Å². The highest BCUT2D eigenvalue weighted by Gasteiger charge is 2.28. The van der Waals surface area contributed by atoms with Crippen molar-refractivity contribution in [3.05, 3.63) is 0 Å². The average Bonchev–Trinajstić information content (AvgIpc) is 2.92. The van der Waals surface area contributed by atoms with E-state index in [1.807, 2.05) is 0 Å². The molecule has 2 aliphatic carbocycles. The van der Waals surface area contributed by atoms with Crippen LogP contribution < -0.4 is 11.1 Å². The fourth-order valence-electron chi connectivity index (χ4n) is 3.86. The zero-order valence-corrected chi connectivity index (χ0v) is 12.4. The van der Waals surface area contributed by atoms with Crippen LogP contribution >= 0.6 is 0 Å². The molecule has 110 valence electrons. The topological polar surface area (TPSA) is 55.1 Å². The summed E-state index contributed by atoms with van der Waals surface area (Å²) in [6.07, 6.45) is 11.2. The fraction of sp³-hybridized carbons (Fsp3) is 0.938. The second-order valence-electron chi connectivity index (χ2n) is 6.68. The van der Waals surface area contributed by atoms with Crippen molar-refractivity contribution in [3.8, 4) is 0 Å². The van der Waals surface area contributed by atoms with Gasteiger partial charge >= 0.3 is 0 Å². The van der Waals surface area contributed by atoms with Crippen LogP contribution in [0.5, 0.6) is 0 Å². The molecule has 0 aliphatic heterocycles. The van der Waals surface area contributed by atoms with Crippen molar-refractivity contribution in [1.29, 1.82) is 0 Å². The number of rotatable bonds is 5. The molecule has 3 nitrogen and oxygen atoms in total. The molecule has 0 bridgehead atoms. The van der Waals surface area contributed by atoms with E-state index in [9.17, 15) is 4.79 Å². The average molecular weight is 266 g/mol. The van der Waals surface area contributed by atoms with Crippen molar-refractivity contribution in [2.45, 2.75) is 70.8 Å². The molecule has 0 spiro atoms. The SMILES string of the molecule is CC(CC1CCCC1)C(=O)NC1CCCCC1CN. The Balaban J connectivity index is 1.78. The Kier molecular flexibility index (Phi) is 5.68. The monoisotopic (exact) mass is 266 g/mol. The molecule has 3 heteroatoms. The van der Waals surface area contributed by atoms with Crippen LogP contribution in [0.1, 0.15) is 64.7 Å². The van der Waals surface area contributed by atoms with Crippen LogP contribution in [0, 0.1) is 17.8 Å². The molecule has 0 saturated heterocycles. The molecule has 0 radical (unpaired) electrons. The summed E-state index contributed by atoms with van der Waals surface area (Å²) in [6.45, 7) is 2.80. The quantitative estimate of drug-likeness (QED) is 0.804. The zero-order valence-electron chi connectivity index (χ0n) is 12.4. The minimum absolute atomic E-state index is 0.170. The minimum atomic E-state index is 0.170. The van der Waals surface area contributed by atoms with Gasteiger partial charge in [-0.2, -0.15) is 0 Å². The summed E-state index contributed by atoms with van der Waals surface area (Å²) in [6, 6.07) is 0.331. The standard InChI is InChI=1S/C16H30N2O/c1-12(10-13-6-2-3-7-13)16(19)18-15-9-5-4-8-14(15)11-17/h12-15H,2-11,17H2,1H3,(H,18,19). The summed E-state index contributed by atoms with van der Waals surface area (Å²) < 4.78 is 0. The lowest BCUT2D eigenvalue weighted by Crippen LogP contribution is -2.46. The Bertz CT molecular complexity index is 286. The minimum Gasteiger partial charge on any atom is -0.353 e. The maximum Gasteiger partial charge on any atom is 0.223 e. The number of carbonyl (C=O) groups excluding carboxylic acids is 1. The predicted octanol–water partition coefficient (Wildman–Crippen LogP) is 2.84. The lowest BCUT2D eigenvalue weighted by atomic mass is 9.84.